The van der Waals surface area contributed by atoms with Gasteiger partial charge in [0.15, 0.2) is 11.6 Å². The standard InChI is InChI=1S/C21H25N3O5/c1-8-10(6-25)19(27)13-12-7-29-21-11-5-9-15(22(11)2)17(24(12)21)16(14(13)18(8)26)23-3-4-28-20(9)23/h9,11-12,15-17,20-21,25H,3-7H2,1-2H3. The minimum absolute atomic E-state index is 0.00884. The van der Waals surface area contributed by atoms with Gasteiger partial charge in [0.2, 0.25) is 0 Å². The SMILES string of the molecule is CC1=C(CO)C(=O)C2=C(C1=O)C1C3C4C(CC(C5OCC2N53)N4C)C2OCCN21. The van der Waals surface area contributed by atoms with Crippen molar-refractivity contribution in [2.24, 2.45) is 5.92 Å². The number of carbonyl (C=O) groups is 2. The molecule has 154 valence electrons. The Morgan fingerprint density at radius 1 is 1.10 bits per heavy atom. The average molecular weight is 399 g/mol. The Hall–Kier alpha value is -1.42. The number of piperazine rings is 1. The summed E-state index contributed by atoms with van der Waals surface area (Å²) in [4.78, 5) is 34.2. The van der Waals surface area contributed by atoms with Crippen LogP contribution in [0.4, 0.5) is 0 Å². The van der Waals surface area contributed by atoms with E-state index in [0.29, 0.717) is 41.9 Å². The molecule has 2 bridgehead atoms. The molecule has 7 rings (SSSR count). The second kappa shape index (κ2) is 5.43. The zero-order valence-electron chi connectivity index (χ0n) is 16.6. The van der Waals surface area contributed by atoms with Crippen molar-refractivity contribution >= 4 is 11.6 Å². The van der Waals surface area contributed by atoms with Crippen LogP contribution in [-0.2, 0) is 19.1 Å². The number of hydrogen-bond donors (Lipinski definition) is 1. The molecular formula is C21H25N3O5. The fraction of sp³-hybridized carbons (Fsp3) is 0.714. The van der Waals surface area contributed by atoms with Crippen LogP contribution >= 0.6 is 0 Å². The number of allylic oxidation sites excluding steroid dienone is 1. The summed E-state index contributed by atoms with van der Waals surface area (Å²) in [5, 5.41) is 9.82. The number of ketones is 2. The smallest absolute Gasteiger partial charge is 0.189 e. The van der Waals surface area contributed by atoms with Gasteiger partial charge in [-0.2, -0.15) is 0 Å². The van der Waals surface area contributed by atoms with Crippen molar-refractivity contribution in [3.05, 3.63) is 22.3 Å². The Balaban J connectivity index is 1.49. The minimum Gasteiger partial charge on any atom is -0.392 e. The van der Waals surface area contributed by atoms with Crippen LogP contribution in [0.1, 0.15) is 13.3 Å². The van der Waals surface area contributed by atoms with Gasteiger partial charge >= 0.3 is 0 Å². The Morgan fingerprint density at radius 3 is 2.72 bits per heavy atom. The lowest BCUT2D eigenvalue weighted by Crippen LogP contribution is -2.76. The van der Waals surface area contributed by atoms with Crippen molar-refractivity contribution in [2.75, 3.05) is 33.4 Å². The molecule has 0 aromatic rings. The van der Waals surface area contributed by atoms with Gasteiger partial charge in [0.1, 0.15) is 12.5 Å². The number of piperidine rings is 1. The lowest BCUT2D eigenvalue weighted by atomic mass is 9.69. The number of aliphatic hydroxyl groups is 1. The van der Waals surface area contributed by atoms with E-state index in [1.807, 2.05) is 0 Å². The van der Waals surface area contributed by atoms with E-state index in [0.717, 1.165) is 13.0 Å². The molecule has 0 saturated carbocycles. The van der Waals surface area contributed by atoms with E-state index in [1.165, 1.54) is 0 Å². The molecule has 1 N–H and O–H groups in total. The van der Waals surface area contributed by atoms with E-state index in [-0.39, 0.29) is 53.8 Å². The first-order valence-corrected chi connectivity index (χ1v) is 10.7. The van der Waals surface area contributed by atoms with Crippen molar-refractivity contribution in [1.82, 2.24) is 14.7 Å². The predicted octanol–water partition coefficient (Wildman–Crippen LogP) is -1.10. The average Bonchev–Trinajstić information content (AvgIpc) is 3.40. The summed E-state index contributed by atoms with van der Waals surface area (Å²) in [6.45, 7) is 3.16. The van der Waals surface area contributed by atoms with Crippen LogP contribution < -0.4 is 0 Å². The first kappa shape index (κ1) is 17.3. The molecule has 8 unspecified atom stereocenters. The predicted molar refractivity (Wildman–Crippen MR) is 99.7 cm³/mol. The molecule has 6 heterocycles. The lowest BCUT2D eigenvalue weighted by Gasteiger charge is -2.60. The summed E-state index contributed by atoms with van der Waals surface area (Å²) >= 11 is 0. The van der Waals surface area contributed by atoms with E-state index in [9.17, 15) is 14.7 Å². The third kappa shape index (κ3) is 1.76. The summed E-state index contributed by atoms with van der Waals surface area (Å²) in [5.74, 6) is 0.144. The number of ether oxygens (including phenoxy) is 2. The number of carbonyl (C=O) groups excluding carboxylic acids is 2. The normalized spacial score (nSPS) is 48.7. The molecule has 0 aromatic carbocycles. The summed E-state index contributed by atoms with van der Waals surface area (Å²) in [7, 11) is 2.18. The van der Waals surface area contributed by atoms with E-state index in [4.69, 9.17) is 9.47 Å². The van der Waals surface area contributed by atoms with Crippen LogP contribution in [0.3, 0.4) is 0 Å². The minimum atomic E-state index is -0.399. The number of nitrogens with zero attached hydrogens (tertiary/aromatic N) is 3. The van der Waals surface area contributed by atoms with E-state index in [1.54, 1.807) is 6.92 Å². The summed E-state index contributed by atoms with van der Waals surface area (Å²) in [5.41, 5.74) is 1.86. The molecular weight excluding hydrogens is 374 g/mol. The fourth-order valence-electron chi connectivity index (χ4n) is 7.62. The topological polar surface area (TPSA) is 82.5 Å². The second-order valence-electron chi connectivity index (χ2n) is 9.49. The van der Waals surface area contributed by atoms with E-state index < -0.39 is 6.61 Å². The van der Waals surface area contributed by atoms with Crippen molar-refractivity contribution in [2.45, 2.75) is 56.0 Å². The first-order valence-electron chi connectivity index (χ1n) is 10.7. The second-order valence-corrected chi connectivity index (χ2v) is 9.49. The lowest BCUT2D eigenvalue weighted by molar-refractivity contribution is -0.157. The van der Waals surface area contributed by atoms with Crippen molar-refractivity contribution in [3.8, 4) is 0 Å². The van der Waals surface area contributed by atoms with Gasteiger partial charge in [-0.1, -0.05) is 0 Å². The molecule has 0 amide bonds. The number of rotatable bonds is 1. The van der Waals surface area contributed by atoms with Crippen LogP contribution in [0.15, 0.2) is 22.3 Å². The number of aliphatic hydroxyl groups excluding tert-OH is 1. The van der Waals surface area contributed by atoms with Crippen LogP contribution in [0.2, 0.25) is 0 Å². The zero-order chi connectivity index (χ0) is 19.8. The number of likely N-dealkylation sites (N-methyl/N-ethyl adjacent to an activating group) is 1. The number of fused-ring (bicyclic) bond motifs is 7. The third-order valence-corrected chi connectivity index (χ3v) is 8.69. The first-order chi connectivity index (χ1) is 14.0. The summed E-state index contributed by atoms with van der Waals surface area (Å²) < 4.78 is 12.5. The Kier molecular flexibility index (Phi) is 3.24. The maximum absolute atomic E-state index is 13.6. The van der Waals surface area contributed by atoms with Gasteiger partial charge < -0.3 is 14.6 Å². The van der Waals surface area contributed by atoms with Gasteiger partial charge in [0.25, 0.3) is 0 Å². The molecule has 1 aliphatic carbocycles. The van der Waals surface area contributed by atoms with Crippen LogP contribution in [0.25, 0.3) is 0 Å². The van der Waals surface area contributed by atoms with Gasteiger partial charge in [-0.05, 0) is 20.4 Å². The molecule has 5 saturated heterocycles. The van der Waals surface area contributed by atoms with Gasteiger partial charge in [-0.15, -0.1) is 0 Å². The molecule has 0 spiro atoms. The Morgan fingerprint density at radius 2 is 1.93 bits per heavy atom. The molecule has 8 atom stereocenters. The highest BCUT2D eigenvalue weighted by Crippen LogP contribution is 2.56. The van der Waals surface area contributed by atoms with Crippen LogP contribution in [0, 0.1) is 5.92 Å². The van der Waals surface area contributed by atoms with E-state index >= 15 is 0 Å². The van der Waals surface area contributed by atoms with Crippen LogP contribution in [0.5, 0.6) is 0 Å². The Bertz CT molecular complexity index is 927. The number of Topliss-reactive ketones (excluding diaryl/α,β-unsaturated/α-hetero) is 2. The van der Waals surface area contributed by atoms with Gasteiger partial charge in [0, 0.05) is 46.8 Å². The molecule has 29 heavy (non-hydrogen) atoms. The van der Waals surface area contributed by atoms with Crippen molar-refractivity contribution in [1.29, 1.82) is 0 Å². The maximum atomic E-state index is 13.6. The summed E-state index contributed by atoms with van der Waals surface area (Å²) in [6, 6.07) is 0.345. The van der Waals surface area contributed by atoms with Crippen molar-refractivity contribution < 1.29 is 24.2 Å². The van der Waals surface area contributed by atoms with Gasteiger partial charge in [0.05, 0.1) is 37.9 Å². The largest absolute Gasteiger partial charge is 0.392 e. The molecule has 8 heteroatoms. The molecule has 0 radical (unpaired) electrons. The van der Waals surface area contributed by atoms with Crippen LogP contribution in [-0.4, -0.2) is 107 Å². The van der Waals surface area contributed by atoms with Gasteiger partial charge in [-0.3, -0.25) is 24.3 Å². The van der Waals surface area contributed by atoms with E-state index in [2.05, 4.69) is 21.7 Å². The molecule has 6 aliphatic heterocycles. The highest BCUT2D eigenvalue weighted by molar-refractivity contribution is 6.26. The molecule has 5 fully saturated rings. The fourth-order valence-corrected chi connectivity index (χ4v) is 7.62. The van der Waals surface area contributed by atoms with Crippen molar-refractivity contribution in [3.63, 3.8) is 0 Å². The summed E-state index contributed by atoms with van der Waals surface area (Å²) in [6.07, 6.45) is 0.955. The quantitative estimate of drug-likeness (QED) is 0.557. The van der Waals surface area contributed by atoms with Gasteiger partial charge in [-0.25, -0.2) is 0 Å². The molecule has 0 aromatic heterocycles. The monoisotopic (exact) mass is 399 g/mol. The highest BCUT2D eigenvalue weighted by Gasteiger charge is 2.70. The zero-order valence-corrected chi connectivity index (χ0v) is 16.6. The maximum Gasteiger partial charge on any atom is 0.189 e. The molecule has 7 aliphatic rings. The Labute approximate surface area is 168 Å². The highest BCUT2D eigenvalue weighted by atomic mass is 16.5. The third-order valence-electron chi connectivity index (χ3n) is 8.69. The molecule has 8 nitrogen and oxygen atoms in total. The number of hydrogen-bond acceptors (Lipinski definition) is 8.